The molecular formula is C18H36N4O. The molecule has 0 aromatic rings. The van der Waals surface area contributed by atoms with Gasteiger partial charge in [0.25, 0.3) is 0 Å². The van der Waals surface area contributed by atoms with Crippen LogP contribution in [0.5, 0.6) is 0 Å². The van der Waals surface area contributed by atoms with Crippen molar-refractivity contribution in [3.05, 3.63) is 0 Å². The van der Waals surface area contributed by atoms with E-state index in [2.05, 4.69) is 36.0 Å². The van der Waals surface area contributed by atoms with Gasteiger partial charge >= 0.3 is 0 Å². The molecule has 2 saturated heterocycles. The number of nitrogens with zero attached hydrogens (tertiary/aromatic N) is 3. The molecule has 1 atom stereocenters. The standard InChI is InChI=1S/C18H36N4O/c1-4-19-18(21(3)14-17-8-13-23-15-17)20-9-5-10-22-11-6-16(2)7-12-22/h16-17H,4-15H2,1-3H3,(H,19,20). The van der Waals surface area contributed by atoms with Crippen LogP contribution in [0.4, 0.5) is 0 Å². The van der Waals surface area contributed by atoms with Crippen LogP contribution in [0.3, 0.4) is 0 Å². The Morgan fingerprint density at radius 3 is 2.74 bits per heavy atom. The molecule has 2 rings (SSSR count). The number of likely N-dealkylation sites (tertiary alicyclic amines) is 1. The van der Waals surface area contributed by atoms with Crippen LogP contribution < -0.4 is 5.32 Å². The van der Waals surface area contributed by atoms with E-state index in [0.29, 0.717) is 5.92 Å². The molecule has 2 fully saturated rings. The molecule has 0 aliphatic carbocycles. The quantitative estimate of drug-likeness (QED) is 0.442. The van der Waals surface area contributed by atoms with Crippen molar-refractivity contribution in [2.45, 2.75) is 39.5 Å². The Labute approximate surface area is 142 Å². The topological polar surface area (TPSA) is 40.1 Å². The Balaban J connectivity index is 1.69. The van der Waals surface area contributed by atoms with Crippen molar-refractivity contribution < 1.29 is 4.74 Å². The third kappa shape index (κ3) is 6.68. The smallest absolute Gasteiger partial charge is 0.193 e. The Hall–Kier alpha value is -0.810. The molecule has 0 aromatic carbocycles. The summed E-state index contributed by atoms with van der Waals surface area (Å²) in [5.41, 5.74) is 0. The summed E-state index contributed by atoms with van der Waals surface area (Å²) in [6.07, 6.45) is 5.05. The van der Waals surface area contributed by atoms with Crippen LogP contribution >= 0.6 is 0 Å². The molecule has 23 heavy (non-hydrogen) atoms. The number of aliphatic imine (C=N–C) groups is 1. The Morgan fingerprint density at radius 2 is 2.09 bits per heavy atom. The van der Waals surface area contributed by atoms with E-state index >= 15 is 0 Å². The van der Waals surface area contributed by atoms with Gasteiger partial charge in [-0.05, 0) is 58.2 Å². The van der Waals surface area contributed by atoms with Crippen molar-refractivity contribution >= 4 is 5.96 Å². The average molecular weight is 325 g/mol. The molecule has 2 aliphatic rings. The molecule has 0 amide bonds. The van der Waals surface area contributed by atoms with Crippen LogP contribution in [-0.2, 0) is 4.74 Å². The number of nitrogens with one attached hydrogen (secondary N) is 1. The second kappa shape index (κ2) is 10.1. The van der Waals surface area contributed by atoms with Crippen molar-refractivity contribution in [2.75, 3.05) is 59.5 Å². The fraction of sp³-hybridized carbons (Fsp3) is 0.944. The summed E-state index contributed by atoms with van der Waals surface area (Å²) in [6.45, 7) is 12.9. The lowest BCUT2D eigenvalue weighted by Crippen LogP contribution is -2.41. The van der Waals surface area contributed by atoms with Gasteiger partial charge in [-0.15, -0.1) is 0 Å². The van der Waals surface area contributed by atoms with E-state index in [0.717, 1.165) is 51.1 Å². The summed E-state index contributed by atoms with van der Waals surface area (Å²) >= 11 is 0. The highest BCUT2D eigenvalue weighted by atomic mass is 16.5. The predicted octanol–water partition coefficient (Wildman–Crippen LogP) is 2.04. The first-order valence-electron chi connectivity index (χ1n) is 9.48. The molecule has 1 unspecified atom stereocenters. The van der Waals surface area contributed by atoms with Crippen LogP contribution in [0.1, 0.15) is 39.5 Å². The molecule has 0 spiro atoms. The van der Waals surface area contributed by atoms with E-state index in [1.165, 1.54) is 38.9 Å². The van der Waals surface area contributed by atoms with Crippen molar-refractivity contribution in [3.63, 3.8) is 0 Å². The van der Waals surface area contributed by atoms with E-state index in [9.17, 15) is 0 Å². The summed E-state index contributed by atoms with van der Waals surface area (Å²) in [5.74, 6) is 2.61. The van der Waals surface area contributed by atoms with E-state index in [1.807, 2.05) is 0 Å². The average Bonchev–Trinajstić information content (AvgIpc) is 3.05. The number of ether oxygens (including phenoxy) is 1. The third-order valence-corrected chi connectivity index (χ3v) is 5.02. The maximum absolute atomic E-state index is 5.48. The fourth-order valence-corrected chi connectivity index (χ4v) is 3.44. The zero-order valence-corrected chi connectivity index (χ0v) is 15.4. The molecule has 2 aliphatic heterocycles. The van der Waals surface area contributed by atoms with Crippen LogP contribution in [0.15, 0.2) is 4.99 Å². The molecule has 2 heterocycles. The maximum Gasteiger partial charge on any atom is 0.193 e. The van der Waals surface area contributed by atoms with Crippen LogP contribution in [0, 0.1) is 11.8 Å². The molecule has 0 saturated carbocycles. The van der Waals surface area contributed by atoms with Gasteiger partial charge < -0.3 is 19.9 Å². The summed E-state index contributed by atoms with van der Waals surface area (Å²) in [5, 5.41) is 3.42. The molecule has 0 aromatic heterocycles. The molecule has 134 valence electrons. The molecule has 5 nitrogen and oxygen atoms in total. The zero-order chi connectivity index (χ0) is 16.5. The highest BCUT2D eigenvalue weighted by molar-refractivity contribution is 5.79. The summed E-state index contributed by atoms with van der Waals surface area (Å²) < 4.78 is 5.48. The monoisotopic (exact) mass is 324 g/mol. The molecule has 0 radical (unpaired) electrons. The molecule has 1 N–H and O–H groups in total. The molecular weight excluding hydrogens is 288 g/mol. The lowest BCUT2D eigenvalue weighted by atomic mass is 9.99. The number of hydrogen-bond donors (Lipinski definition) is 1. The van der Waals surface area contributed by atoms with Gasteiger partial charge in [-0.3, -0.25) is 4.99 Å². The second-order valence-electron chi connectivity index (χ2n) is 7.22. The SMILES string of the molecule is CCNC(=NCCCN1CCC(C)CC1)N(C)CC1CCOC1. The van der Waals surface area contributed by atoms with E-state index in [-0.39, 0.29) is 0 Å². The van der Waals surface area contributed by atoms with Crippen LogP contribution in [0.25, 0.3) is 0 Å². The van der Waals surface area contributed by atoms with Gasteiger partial charge in [0.1, 0.15) is 0 Å². The van der Waals surface area contributed by atoms with Crippen molar-refractivity contribution in [1.29, 1.82) is 0 Å². The number of piperidine rings is 1. The summed E-state index contributed by atoms with van der Waals surface area (Å²) in [7, 11) is 2.14. The minimum atomic E-state index is 0.652. The molecule has 5 heteroatoms. The van der Waals surface area contributed by atoms with Gasteiger partial charge in [0.2, 0.25) is 0 Å². The molecule has 0 bridgehead atoms. The highest BCUT2D eigenvalue weighted by Gasteiger charge is 2.19. The minimum absolute atomic E-state index is 0.652. The number of rotatable bonds is 7. The number of guanidine groups is 1. The predicted molar refractivity (Wildman–Crippen MR) is 97.0 cm³/mol. The van der Waals surface area contributed by atoms with Gasteiger partial charge in [0, 0.05) is 39.2 Å². The normalized spacial score (nSPS) is 24.1. The maximum atomic E-state index is 5.48. The van der Waals surface area contributed by atoms with E-state index in [1.54, 1.807) is 0 Å². The first-order valence-corrected chi connectivity index (χ1v) is 9.48. The van der Waals surface area contributed by atoms with Crippen molar-refractivity contribution in [2.24, 2.45) is 16.8 Å². The van der Waals surface area contributed by atoms with Gasteiger partial charge in [-0.1, -0.05) is 6.92 Å². The Bertz CT molecular complexity index is 347. The Morgan fingerprint density at radius 1 is 1.30 bits per heavy atom. The summed E-state index contributed by atoms with van der Waals surface area (Å²) in [4.78, 5) is 9.69. The van der Waals surface area contributed by atoms with E-state index < -0.39 is 0 Å². The van der Waals surface area contributed by atoms with Gasteiger partial charge in [0.15, 0.2) is 5.96 Å². The first kappa shape index (κ1) is 18.5. The van der Waals surface area contributed by atoms with Crippen molar-refractivity contribution in [1.82, 2.24) is 15.1 Å². The van der Waals surface area contributed by atoms with Crippen molar-refractivity contribution in [3.8, 4) is 0 Å². The lowest BCUT2D eigenvalue weighted by molar-refractivity contribution is 0.181. The van der Waals surface area contributed by atoms with Gasteiger partial charge in [0.05, 0.1) is 6.61 Å². The lowest BCUT2D eigenvalue weighted by Gasteiger charge is -2.30. The Kier molecular flexibility index (Phi) is 8.17. The van der Waals surface area contributed by atoms with E-state index in [4.69, 9.17) is 9.73 Å². The fourth-order valence-electron chi connectivity index (χ4n) is 3.44. The second-order valence-corrected chi connectivity index (χ2v) is 7.22. The third-order valence-electron chi connectivity index (χ3n) is 5.02. The number of hydrogen-bond acceptors (Lipinski definition) is 3. The summed E-state index contributed by atoms with van der Waals surface area (Å²) in [6, 6.07) is 0. The highest BCUT2D eigenvalue weighted by Crippen LogP contribution is 2.16. The van der Waals surface area contributed by atoms with Gasteiger partial charge in [-0.2, -0.15) is 0 Å². The zero-order valence-electron chi connectivity index (χ0n) is 15.4. The van der Waals surface area contributed by atoms with Gasteiger partial charge in [-0.25, -0.2) is 0 Å². The minimum Gasteiger partial charge on any atom is -0.381 e. The van der Waals surface area contributed by atoms with Crippen LogP contribution in [0.2, 0.25) is 0 Å². The largest absolute Gasteiger partial charge is 0.381 e. The first-order chi connectivity index (χ1) is 11.2. The van der Waals surface area contributed by atoms with Crippen LogP contribution in [-0.4, -0.2) is 75.3 Å².